The van der Waals surface area contributed by atoms with Crippen molar-refractivity contribution in [2.75, 3.05) is 11.9 Å². The molecular formula is C16H10BrFN2O3. The van der Waals surface area contributed by atoms with E-state index in [2.05, 4.69) is 21.2 Å². The normalized spacial score (nSPS) is 13.2. The van der Waals surface area contributed by atoms with Gasteiger partial charge in [-0.05, 0) is 36.4 Å². The maximum absolute atomic E-state index is 13.7. The van der Waals surface area contributed by atoms with Crippen LogP contribution < -0.4 is 5.32 Å². The zero-order chi connectivity index (χ0) is 16.6. The number of nitrogens with zero attached hydrogens (tertiary/aromatic N) is 1. The molecule has 0 aromatic heterocycles. The lowest BCUT2D eigenvalue weighted by atomic mass is 10.1. The molecule has 0 aliphatic carbocycles. The number of rotatable bonds is 3. The molecule has 2 aromatic rings. The molecule has 3 amide bonds. The Labute approximate surface area is 139 Å². The van der Waals surface area contributed by atoms with E-state index in [4.69, 9.17) is 0 Å². The molecule has 7 heteroatoms. The Morgan fingerprint density at radius 1 is 1.09 bits per heavy atom. The van der Waals surface area contributed by atoms with E-state index in [0.29, 0.717) is 5.69 Å². The Morgan fingerprint density at radius 3 is 2.43 bits per heavy atom. The summed E-state index contributed by atoms with van der Waals surface area (Å²) >= 11 is 3.28. The summed E-state index contributed by atoms with van der Waals surface area (Å²) < 4.78 is 14.6. The zero-order valence-electron chi connectivity index (χ0n) is 11.7. The maximum Gasteiger partial charge on any atom is 0.265 e. The summed E-state index contributed by atoms with van der Waals surface area (Å²) in [6.07, 6.45) is 0. The van der Waals surface area contributed by atoms with Gasteiger partial charge in [0.25, 0.3) is 11.8 Å². The number of amides is 3. The van der Waals surface area contributed by atoms with Crippen LogP contribution in [0.3, 0.4) is 0 Å². The number of nitrogens with one attached hydrogen (secondary N) is 1. The Kier molecular flexibility index (Phi) is 3.96. The molecule has 1 aliphatic rings. The minimum Gasteiger partial charge on any atom is -0.325 e. The van der Waals surface area contributed by atoms with Gasteiger partial charge in [-0.15, -0.1) is 0 Å². The first-order valence-corrected chi connectivity index (χ1v) is 7.47. The average molecular weight is 377 g/mol. The first kappa shape index (κ1) is 15.4. The summed E-state index contributed by atoms with van der Waals surface area (Å²) in [6, 6.07) is 10.7. The van der Waals surface area contributed by atoms with Crippen molar-refractivity contribution in [1.29, 1.82) is 0 Å². The van der Waals surface area contributed by atoms with Gasteiger partial charge in [0.05, 0.1) is 11.1 Å². The van der Waals surface area contributed by atoms with Crippen LogP contribution in [0.2, 0.25) is 0 Å². The van der Waals surface area contributed by atoms with Crippen molar-refractivity contribution in [2.24, 2.45) is 0 Å². The van der Waals surface area contributed by atoms with Gasteiger partial charge >= 0.3 is 0 Å². The predicted molar refractivity (Wildman–Crippen MR) is 84.5 cm³/mol. The molecular weight excluding hydrogens is 367 g/mol. The third kappa shape index (κ3) is 2.87. The van der Waals surface area contributed by atoms with Crippen molar-refractivity contribution in [3.05, 3.63) is 63.9 Å². The smallest absolute Gasteiger partial charge is 0.265 e. The van der Waals surface area contributed by atoms with Crippen LogP contribution in [-0.4, -0.2) is 29.2 Å². The number of anilines is 1. The molecule has 2 aromatic carbocycles. The van der Waals surface area contributed by atoms with Crippen molar-refractivity contribution >= 4 is 39.3 Å². The molecule has 3 rings (SSSR count). The molecule has 5 nitrogen and oxygen atoms in total. The second-order valence-electron chi connectivity index (χ2n) is 4.91. The molecule has 0 fully saturated rings. The summed E-state index contributed by atoms with van der Waals surface area (Å²) in [5.74, 6) is -2.77. The highest BCUT2D eigenvalue weighted by Gasteiger charge is 2.38. The summed E-state index contributed by atoms with van der Waals surface area (Å²) in [5.41, 5.74) is 0.223. The van der Waals surface area contributed by atoms with Gasteiger partial charge in [0.1, 0.15) is 12.4 Å². The number of imide groups is 1. The van der Waals surface area contributed by atoms with Gasteiger partial charge in [-0.3, -0.25) is 19.3 Å². The molecule has 0 radical (unpaired) electrons. The fraction of sp³-hybridized carbons (Fsp3) is 0.0625. The maximum atomic E-state index is 13.7. The average Bonchev–Trinajstić information content (AvgIpc) is 2.76. The van der Waals surface area contributed by atoms with Crippen LogP contribution in [0.4, 0.5) is 10.1 Å². The first-order chi connectivity index (χ1) is 11.0. The van der Waals surface area contributed by atoms with Crippen molar-refractivity contribution in [3.63, 3.8) is 0 Å². The topological polar surface area (TPSA) is 66.5 Å². The number of fused-ring (bicyclic) bond motifs is 1. The number of carbonyl (C=O) groups excluding carboxylic acids is 3. The van der Waals surface area contributed by atoms with Crippen molar-refractivity contribution in [2.45, 2.75) is 0 Å². The number of hydrogen-bond donors (Lipinski definition) is 1. The lowest BCUT2D eigenvalue weighted by Gasteiger charge is -2.13. The van der Waals surface area contributed by atoms with Crippen LogP contribution in [-0.2, 0) is 4.79 Å². The molecule has 0 bridgehead atoms. The van der Waals surface area contributed by atoms with Gasteiger partial charge < -0.3 is 5.32 Å². The Morgan fingerprint density at radius 2 is 1.78 bits per heavy atom. The highest BCUT2D eigenvalue weighted by atomic mass is 79.9. The quantitative estimate of drug-likeness (QED) is 0.837. The Bertz CT molecular complexity index is 821. The second kappa shape index (κ2) is 5.92. The number of benzene rings is 2. The zero-order valence-corrected chi connectivity index (χ0v) is 13.3. The Balaban J connectivity index is 1.75. The van der Waals surface area contributed by atoms with Crippen LogP contribution in [0.5, 0.6) is 0 Å². The van der Waals surface area contributed by atoms with E-state index < -0.39 is 30.1 Å². The molecule has 0 atom stereocenters. The van der Waals surface area contributed by atoms with E-state index in [9.17, 15) is 18.8 Å². The van der Waals surface area contributed by atoms with E-state index in [1.54, 1.807) is 24.3 Å². The standard InChI is InChI=1S/C16H10BrFN2O3/c17-9-4-6-10(7-5-9)19-13(21)8-20-15(22)11-2-1-3-12(18)14(11)16(20)23/h1-7H,8H2,(H,19,21). The number of halogens is 2. The molecule has 116 valence electrons. The molecule has 0 saturated heterocycles. The summed E-state index contributed by atoms with van der Waals surface area (Å²) in [5, 5.41) is 2.58. The lowest BCUT2D eigenvalue weighted by Crippen LogP contribution is -2.37. The van der Waals surface area contributed by atoms with Gasteiger partial charge in [-0.2, -0.15) is 0 Å². The summed E-state index contributed by atoms with van der Waals surface area (Å²) in [6.45, 7) is -0.470. The SMILES string of the molecule is O=C(CN1C(=O)c2cccc(F)c2C1=O)Nc1ccc(Br)cc1. The van der Waals surface area contributed by atoms with Crippen molar-refractivity contribution < 1.29 is 18.8 Å². The second-order valence-corrected chi connectivity index (χ2v) is 5.83. The molecule has 1 N–H and O–H groups in total. The van der Waals surface area contributed by atoms with E-state index in [1.165, 1.54) is 12.1 Å². The molecule has 0 unspecified atom stereocenters. The third-order valence-electron chi connectivity index (χ3n) is 3.38. The van der Waals surface area contributed by atoms with Gasteiger partial charge in [0.15, 0.2) is 0 Å². The van der Waals surface area contributed by atoms with Gasteiger partial charge in [0, 0.05) is 10.2 Å². The van der Waals surface area contributed by atoms with Gasteiger partial charge in [-0.1, -0.05) is 22.0 Å². The fourth-order valence-corrected chi connectivity index (χ4v) is 2.58. The van der Waals surface area contributed by atoms with E-state index in [0.717, 1.165) is 15.4 Å². The first-order valence-electron chi connectivity index (χ1n) is 6.67. The number of carbonyl (C=O) groups is 3. The highest BCUT2D eigenvalue weighted by molar-refractivity contribution is 9.10. The van der Waals surface area contributed by atoms with Crippen molar-refractivity contribution in [1.82, 2.24) is 4.90 Å². The molecule has 0 spiro atoms. The predicted octanol–water partition coefficient (Wildman–Crippen LogP) is 2.82. The van der Waals surface area contributed by atoms with Crippen LogP contribution in [0.15, 0.2) is 46.9 Å². The molecule has 0 saturated carbocycles. The van der Waals surface area contributed by atoms with Crippen LogP contribution in [0.1, 0.15) is 20.7 Å². The molecule has 1 aliphatic heterocycles. The lowest BCUT2D eigenvalue weighted by molar-refractivity contribution is -0.116. The van der Waals surface area contributed by atoms with Crippen LogP contribution >= 0.6 is 15.9 Å². The van der Waals surface area contributed by atoms with Crippen LogP contribution in [0.25, 0.3) is 0 Å². The van der Waals surface area contributed by atoms with E-state index in [1.807, 2.05) is 0 Å². The van der Waals surface area contributed by atoms with E-state index >= 15 is 0 Å². The fourth-order valence-electron chi connectivity index (χ4n) is 2.31. The summed E-state index contributed by atoms with van der Waals surface area (Å²) in [7, 11) is 0. The highest BCUT2D eigenvalue weighted by Crippen LogP contribution is 2.25. The number of hydrogen-bond acceptors (Lipinski definition) is 3. The summed E-state index contributed by atoms with van der Waals surface area (Å²) in [4.78, 5) is 37.0. The Hall–Kier alpha value is -2.54. The van der Waals surface area contributed by atoms with Crippen LogP contribution in [0, 0.1) is 5.82 Å². The van der Waals surface area contributed by atoms with Crippen molar-refractivity contribution in [3.8, 4) is 0 Å². The minimum atomic E-state index is -0.797. The largest absolute Gasteiger partial charge is 0.325 e. The molecule has 1 heterocycles. The minimum absolute atomic E-state index is 0.0218. The third-order valence-corrected chi connectivity index (χ3v) is 3.91. The van der Waals surface area contributed by atoms with Gasteiger partial charge in [-0.25, -0.2) is 4.39 Å². The monoisotopic (exact) mass is 376 g/mol. The molecule has 23 heavy (non-hydrogen) atoms. The van der Waals surface area contributed by atoms with Gasteiger partial charge in [0.2, 0.25) is 5.91 Å². The van der Waals surface area contributed by atoms with E-state index in [-0.39, 0.29) is 11.1 Å².